The van der Waals surface area contributed by atoms with Gasteiger partial charge in [-0.1, -0.05) is 26.7 Å². The highest BCUT2D eigenvalue weighted by Gasteiger charge is 2.28. The quantitative estimate of drug-likeness (QED) is 0.102. The molecule has 0 spiro atoms. The van der Waals surface area contributed by atoms with Gasteiger partial charge in [0.25, 0.3) is 0 Å². The molecule has 0 N–H and O–H groups in total. The Balaban J connectivity index is 4.58. The molecule has 0 saturated heterocycles. The van der Waals surface area contributed by atoms with Crippen LogP contribution in [0.25, 0.3) is 0 Å². The van der Waals surface area contributed by atoms with E-state index in [0.717, 1.165) is 6.42 Å². The van der Waals surface area contributed by atoms with Gasteiger partial charge < -0.3 is 28.4 Å². The molecule has 0 unspecified atom stereocenters. The number of carbonyl (C=O) groups excluding carboxylic acids is 3. The van der Waals surface area contributed by atoms with Gasteiger partial charge in [-0.3, -0.25) is 0 Å². The normalized spacial score (nSPS) is 11.0. The molecule has 0 heterocycles. The molecule has 0 bridgehead atoms. The standard InChI is InChI=1S/C26H42O9/c1-8-26(19-32-15-18-35-25(29)22(6)7,9-11-30-13-16-33-23(27)20(2)3)10-12-31-14-17-34-24(28)21(4)5/h2,4,6,8-19H2,1,3,5,7H3. The van der Waals surface area contributed by atoms with Crippen molar-refractivity contribution in [2.24, 2.45) is 5.41 Å². The van der Waals surface area contributed by atoms with Crippen molar-refractivity contribution in [3.63, 3.8) is 0 Å². The van der Waals surface area contributed by atoms with Crippen LogP contribution in [-0.4, -0.2) is 77.4 Å². The van der Waals surface area contributed by atoms with Crippen molar-refractivity contribution < 1.29 is 42.8 Å². The second-order valence-electron chi connectivity index (χ2n) is 8.38. The summed E-state index contributed by atoms with van der Waals surface area (Å²) < 4.78 is 32.2. The van der Waals surface area contributed by atoms with Gasteiger partial charge in [-0.2, -0.15) is 0 Å². The average molecular weight is 499 g/mol. The third-order valence-corrected chi connectivity index (χ3v) is 5.14. The molecule has 0 aliphatic carbocycles. The number of rotatable bonds is 21. The minimum Gasteiger partial charge on any atom is -0.460 e. The van der Waals surface area contributed by atoms with Crippen LogP contribution in [0.1, 0.15) is 47.0 Å². The third kappa shape index (κ3) is 15.9. The maximum Gasteiger partial charge on any atom is 0.333 e. The summed E-state index contributed by atoms with van der Waals surface area (Å²) in [5, 5.41) is 0. The van der Waals surface area contributed by atoms with Gasteiger partial charge in [0, 0.05) is 29.9 Å². The lowest BCUT2D eigenvalue weighted by Gasteiger charge is -2.32. The van der Waals surface area contributed by atoms with Crippen molar-refractivity contribution >= 4 is 17.9 Å². The fourth-order valence-corrected chi connectivity index (χ4v) is 2.74. The molecule has 9 heteroatoms. The van der Waals surface area contributed by atoms with E-state index >= 15 is 0 Å². The molecule has 0 radical (unpaired) electrons. The summed E-state index contributed by atoms with van der Waals surface area (Å²) >= 11 is 0. The molecular weight excluding hydrogens is 456 g/mol. The van der Waals surface area contributed by atoms with E-state index in [4.69, 9.17) is 28.4 Å². The van der Waals surface area contributed by atoms with Gasteiger partial charge in [-0.25, -0.2) is 14.4 Å². The van der Waals surface area contributed by atoms with Gasteiger partial charge in [0.15, 0.2) is 0 Å². The highest BCUT2D eigenvalue weighted by atomic mass is 16.6. The molecule has 9 nitrogen and oxygen atoms in total. The zero-order valence-corrected chi connectivity index (χ0v) is 21.8. The van der Waals surface area contributed by atoms with Gasteiger partial charge >= 0.3 is 17.9 Å². The third-order valence-electron chi connectivity index (χ3n) is 5.14. The molecular formula is C26H42O9. The lowest BCUT2D eigenvalue weighted by Crippen LogP contribution is -2.31. The number of carbonyl (C=O) groups is 3. The summed E-state index contributed by atoms with van der Waals surface area (Å²) in [6.07, 6.45) is 2.19. The maximum absolute atomic E-state index is 11.5. The van der Waals surface area contributed by atoms with E-state index in [2.05, 4.69) is 26.7 Å². The average Bonchev–Trinajstić information content (AvgIpc) is 2.81. The van der Waals surface area contributed by atoms with Gasteiger partial charge in [0.1, 0.15) is 19.8 Å². The van der Waals surface area contributed by atoms with E-state index in [1.54, 1.807) is 20.8 Å². The molecule has 0 aliphatic rings. The van der Waals surface area contributed by atoms with Crippen LogP contribution < -0.4 is 0 Å². The van der Waals surface area contributed by atoms with Crippen LogP contribution in [0.2, 0.25) is 0 Å². The van der Waals surface area contributed by atoms with Crippen molar-refractivity contribution in [2.45, 2.75) is 47.0 Å². The summed E-state index contributed by atoms with van der Waals surface area (Å²) in [6.45, 7) is 20.0. The van der Waals surface area contributed by atoms with Crippen LogP contribution in [0.15, 0.2) is 36.5 Å². The Morgan fingerprint density at radius 2 is 0.914 bits per heavy atom. The number of hydrogen-bond acceptors (Lipinski definition) is 9. The van der Waals surface area contributed by atoms with Crippen LogP contribution in [-0.2, 0) is 42.8 Å². The first-order valence-electron chi connectivity index (χ1n) is 11.8. The first-order chi connectivity index (χ1) is 16.5. The van der Waals surface area contributed by atoms with Gasteiger partial charge in [0.05, 0.1) is 26.4 Å². The van der Waals surface area contributed by atoms with Crippen LogP contribution in [0, 0.1) is 5.41 Å². The van der Waals surface area contributed by atoms with E-state index in [1.807, 2.05) is 0 Å². The van der Waals surface area contributed by atoms with E-state index < -0.39 is 17.9 Å². The molecule has 35 heavy (non-hydrogen) atoms. The predicted molar refractivity (Wildman–Crippen MR) is 132 cm³/mol. The Kier molecular flexibility index (Phi) is 17.5. The molecule has 0 amide bonds. The molecule has 200 valence electrons. The van der Waals surface area contributed by atoms with E-state index in [-0.39, 0.29) is 45.1 Å². The van der Waals surface area contributed by atoms with E-state index in [9.17, 15) is 14.4 Å². The van der Waals surface area contributed by atoms with Crippen LogP contribution in [0.4, 0.5) is 0 Å². The van der Waals surface area contributed by atoms with Gasteiger partial charge in [-0.15, -0.1) is 0 Å². The van der Waals surface area contributed by atoms with Crippen molar-refractivity contribution in [1.82, 2.24) is 0 Å². The monoisotopic (exact) mass is 498 g/mol. The zero-order valence-electron chi connectivity index (χ0n) is 21.8. The number of ether oxygens (including phenoxy) is 6. The molecule has 0 aliphatic heterocycles. The minimum absolute atomic E-state index is 0.140. The fraction of sp³-hybridized carbons (Fsp3) is 0.654. The van der Waals surface area contributed by atoms with Crippen molar-refractivity contribution in [3.05, 3.63) is 36.5 Å². The topological polar surface area (TPSA) is 107 Å². The van der Waals surface area contributed by atoms with Gasteiger partial charge in [-0.05, 0) is 45.4 Å². The smallest absolute Gasteiger partial charge is 0.333 e. The van der Waals surface area contributed by atoms with Crippen LogP contribution in [0.5, 0.6) is 0 Å². The van der Waals surface area contributed by atoms with Crippen molar-refractivity contribution in [2.75, 3.05) is 59.5 Å². The SMILES string of the molecule is C=C(C)C(=O)OCCOCCC(CC)(CCOCCOC(=O)C(=C)C)COCCOC(=O)C(=C)C. The largest absolute Gasteiger partial charge is 0.460 e. The molecule has 0 aromatic rings. The van der Waals surface area contributed by atoms with Crippen LogP contribution >= 0.6 is 0 Å². The Morgan fingerprint density at radius 1 is 0.571 bits per heavy atom. The first-order valence-corrected chi connectivity index (χ1v) is 11.8. The second-order valence-corrected chi connectivity index (χ2v) is 8.38. The van der Waals surface area contributed by atoms with E-state index in [1.165, 1.54) is 0 Å². The lowest BCUT2D eigenvalue weighted by molar-refractivity contribution is -0.142. The summed E-state index contributed by atoms with van der Waals surface area (Å²) in [4.78, 5) is 34.3. The Labute approximate surface area is 209 Å². The fourth-order valence-electron chi connectivity index (χ4n) is 2.74. The maximum atomic E-state index is 11.5. The molecule has 0 atom stereocenters. The summed E-state index contributed by atoms with van der Waals surface area (Å²) in [6, 6.07) is 0. The zero-order chi connectivity index (χ0) is 26.7. The second kappa shape index (κ2) is 18.8. The number of hydrogen-bond donors (Lipinski definition) is 0. The lowest BCUT2D eigenvalue weighted by atomic mass is 9.80. The molecule has 0 aromatic carbocycles. The molecule has 0 saturated carbocycles. The Morgan fingerprint density at radius 3 is 1.23 bits per heavy atom. The number of esters is 3. The van der Waals surface area contributed by atoms with Crippen molar-refractivity contribution in [1.29, 1.82) is 0 Å². The van der Waals surface area contributed by atoms with Crippen molar-refractivity contribution in [3.8, 4) is 0 Å². The molecule has 0 aromatic heterocycles. The summed E-state index contributed by atoms with van der Waals surface area (Å²) in [7, 11) is 0. The minimum atomic E-state index is -0.447. The summed E-state index contributed by atoms with van der Waals surface area (Å²) in [5.74, 6) is -1.33. The molecule has 0 fully saturated rings. The first kappa shape index (κ1) is 32.5. The van der Waals surface area contributed by atoms with Crippen LogP contribution in [0.3, 0.4) is 0 Å². The van der Waals surface area contributed by atoms with Gasteiger partial charge in [0.2, 0.25) is 0 Å². The Hall–Kier alpha value is -2.49. The predicted octanol–water partition coefficient (Wildman–Crippen LogP) is 3.57. The highest BCUT2D eigenvalue weighted by molar-refractivity contribution is 5.87. The molecule has 0 rings (SSSR count). The van der Waals surface area contributed by atoms with E-state index in [0.29, 0.717) is 49.4 Å². The Bertz CT molecular complexity index is 674. The highest BCUT2D eigenvalue weighted by Crippen LogP contribution is 2.31. The summed E-state index contributed by atoms with van der Waals surface area (Å²) in [5.41, 5.74) is 0.789.